The van der Waals surface area contributed by atoms with Gasteiger partial charge in [0.15, 0.2) is 5.82 Å². The molecule has 1 aromatic carbocycles. The summed E-state index contributed by atoms with van der Waals surface area (Å²) in [5.41, 5.74) is 0.669. The molecule has 0 radical (unpaired) electrons. The molecule has 0 saturated carbocycles. The summed E-state index contributed by atoms with van der Waals surface area (Å²) in [7, 11) is 0. The Bertz CT molecular complexity index is 773. The van der Waals surface area contributed by atoms with Gasteiger partial charge in [0.05, 0.1) is 17.1 Å². The summed E-state index contributed by atoms with van der Waals surface area (Å²) in [6.07, 6.45) is 3.89. The fourth-order valence-corrected chi connectivity index (χ4v) is 3.62. The summed E-state index contributed by atoms with van der Waals surface area (Å²) in [5, 5.41) is 5.09. The maximum atomic E-state index is 12.2. The second kappa shape index (κ2) is 9.53. The number of hydrogen-bond acceptors (Lipinski definition) is 5. The average molecular weight is 411 g/mol. The molecule has 6 nitrogen and oxygen atoms in total. The topological polar surface area (TPSA) is 62.5 Å². The number of carbonyl (C=O) groups is 1. The maximum Gasteiger partial charge on any atom is 0.259 e. The summed E-state index contributed by atoms with van der Waals surface area (Å²) < 4.78 is 5.35. The Morgan fingerprint density at radius 3 is 2.67 bits per heavy atom. The Morgan fingerprint density at radius 1 is 1.19 bits per heavy atom. The molecule has 27 heavy (non-hydrogen) atoms. The van der Waals surface area contributed by atoms with Crippen LogP contribution in [0.1, 0.15) is 38.4 Å². The quantitative estimate of drug-likeness (QED) is 0.637. The van der Waals surface area contributed by atoms with Crippen molar-refractivity contribution in [3.05, 3.63) is 34.1 Å². The Hall–Kier alpha value is -1.63. The predicted octanol–water partition coefficient (Wildman–Crippen LogP) is 4.27. The lowest BCUT2D eigenvalue weighted by Gasteiger charge is -2.34. The van der Waals surface area contributed by atoms with Crippen LogP contribution < -0.4 is 0 Å². The zero-order valence-corrected chi connectivity index (χ0v) is 17.0. The van der Waals surface area contributed by atoms with E-state index in [-0.39, 0.29) is 5.91 Å². The molecular formula is C19H24Cl2N4O2. The van der Waals surface area contributed by atoms with Crippen LogP contribution in [0.2, 0.25) is 10.0 Å². The summed E-state index contributed by atoms with van der Waals surface area (Å²) in [6, 6.07) is 5.16. The van der Waals surface area contributed by atoms with E-state index in [9.17, 15) is 4.79 Å². The van der Waals surface area contributed by atoms with Crippen molar-refractivity contribution in [3.8, 4) is 11.5 Å². The van der Waals surface area contributed by atoms with Crippen LogP contribution >= 0.6 is 23.2 Å². The average Bonchev–Trinajstić information content (AvgIpc) is 3.10. The van der Waals surface area contributed by atoms with Crippen molar-refractivity contribution in [2.45, 2.75) is 39.2 Å². The first-order valence-electron chi connectivity index (χ1n) is 9.35. The zero-order valence-electron chi connectivity index (χ0n) is 15.5. The standard InChI is InChI=1S/C19H24Cl2N4O2/c1-2-3-4-5-18(26)25-10-8-24(9-11-25)13-17-22-19(27-23-17)15-7-6-14(20)12-16(15)21/h6-7,12H,2-5,8-11,13H2,1H3. The molecule has 2 heterocycles. The van der Waals surface area contributed by atoms with E-state index >= 15 is 0 Å². The minimum Gasteiger partial charge on any atom is -0.340 e. The molecule has 0 bridgehead atoms. The molecule has 0 aliphatic carbocycles. The monoisotopic (exact) mass is 410 g/mol. The number of benzene rings is 1. The van der Waals surface area contributed by atoms with E-state index in [0.29, 0.717) is 40.3 Å². The smallest absolute Gasteiger partial charge is 0.259 e. The first-order valence-corrected chi connectivity index (χ1v) is 10.1. The van der Waals surface area contributed by atoms with Crippen molar-refractivity contribution in [2.75, 3.05) is 26.2 Å². The van der Waals surface area contributed by atoms with E-state index in [0.717, 1.165) is 45.4 Å². The molecule has 146 valence electrons. The zero-order chi connectivity index (χ0) is 19.2. The highest BCUT2D eigenvalue weighted by Crippen LogP contribution is 2.29. The van der Waals surface area contributed by atoms with Gasteiger partial charge in [0.25, 0.3) is 5.89 Å². The molecular weight excluding hydrogens is 387 g/mol. The SMILES string of the molecule is CCCCCC(=O)N1CCN(Cc2noc(-c3ccc(Cl)cc3Cl)n2)CC1. The molecule has 2 aromatic rings. The van der Waals surface area contributed by atoms with E-state index < -0.39 is 0 Å². The molecule has 0 N–H and O–H groups in total. The van der Waals surface area contributed by atoms with Gasteiger partial charge in [-0.3, -0.25) is 9.69 Å². The van der Waals surface area contributed by atoms with Crippen LogP contribution in [0.3, 0.4) is 0 Å². The molecule has 3 rings (SSSR count). The summed E-state index contributed by atoms with van der Waals surface area (Å²) in [6.45, 7) is 5.85. The van der Waals surface area contributed by atoms with E-state index in [4.69, 9.17) is 27.7 Å². The predicted molar refractivity (Wildman–Crippen MR) is 106 cm³/mol. The number of unbranched alkanes of at least 4 members (excludes halogenated alkanes) is 2. The largest absolute Gasteiger partial charge is 0.340 e. The van der Waals surface area contributed by atoms with Crippen molar-refractivity contribution in [1.29, 1.82) is 0 Å². The highest BCUT2D eigenvalue weighted by atomic mass is 35.5. The molecule has 0 spiro atoms. The van der Waals surface area contributed by atoms with Gasteiger partial charge in [-0.15, -0.1) is 0 Å². The van der Waals surface area contributed by atoms with Crippen molar-refractivity contribution in [1.82, 2.24) is 19.9 Å². The van der Waals surface area contributed by atoms with Gasteiger partial charge >= 0.3 is 0 Å². The van der Waals surface area contributed by atoms with Crippen LogP contribution in [-0.2, 0) is 11.3 Å². The third-order valence-electron chi connectivity index (χ3n) is 4.71. The number of hydrogen-bond donors (Lipinski definition) is 0. The molecule has 1 aromatic heterocycles. The lowest BCUT2D eigenvalue weighted by atomic mass is 10.2. The van der Waals surface area contributed by atoms with E-state index in [1.54, 1.807) is 18.2 Å². The maximum absolute atomic E-state index is 12.2. The Labute approximate surface area is 169 Å². The minimum atomic E-state index is 0.266. The third kappa shape index (κ3) is 5.43. The molecule has 1 fully saturated rings. The van der Waals surface area contributed by atoms with Gasteiger partial charge in [0.2, 0.25) is 5.91 Å². The Balaban J connectivity index is 1.51. The second-order valence-corrected chi connectivity index (χ2v) is 7.60. The summed E-state index contributed by atoms with van der Waals surface area (Å²) in [5.74, 6) is 1.26. The number of rotatable bonds is 7. The fourth-order valence-electron chi connectivity index (χ4n) is 3.13. The van der Waals surface area contributed by atoms with Crippen molar-refractivity contribution >= 4 is 29.1 Å². The molecule has 8 heteroatoms. The van der Waals surface area contributed by atoms with Crippen LogP contribution in [0, 0.1) is 0 Å². The molecule has 1 amide bonds. The van der Waals surface area contributed by atoms with E-state index in [1.165, 1.54) is 0 Å². The number of halogens is 2. The van der Waals surface area contributed by atoms with Gasteiger partial charge in [-0.05, 0) is 24.6 Å². The number of amides is 1. The fraction of sp³-hybridized carbons (Fsp3) is 0.526. The van der Waals surface area contributed by atoms with E-state index in [1.807, 2.05) is 4.90 Å². The molecule has 1 aliphatic rings. The van der Waals surface area contributed by atoms with Gasteiger partial charge in [0, 0.05) is 37.6 Å². The van der Waals surface area contributed by atoms with Crippen LogP contribution in [0.5, 0.6) is 0 Å². The van der Waals surface area contributed by atoms with Crippen LogP contribution in [0.25, 0.3) is 11.5 Å². The van der Waals surface area contributed by atoms with Crippen molar-refractivity contribution < 1.29 is 9.32 Å². The number of piperazine rings is 1. The first kappa shape index (κ1) is 20.1. The Morgan fingerprint density at radius 2 is 1.96 bits per heavy atom. The summed E-state index contributed by atoms with van der Waals surface area (Å²) >= 11 is 12.1. The number of carbonyl (C=O) groups excluding carboxylic acids is 1. The highest BCUT2D eigenvalue weighted by Gasteiger charge is 2.22. The van der Waals surface area contributed by atoms with Gasteiger partial charge in [-0.1, -0.05) is 48.1 Å². The lowest BCUT2D eigenvalue weighted by molar-refractivity contribution is -0.133. The summed E-state index contributed by atoms with van der Waals surface area (Å²) in [4.78, 5) is 20.8. The molecule has 0 atom stereocenters. The van der Waals surface area contributed by atoms with Gasteiger partial charge in [-0.2, -0.15) is 4.98 Å². The lowest BCUT2D eigenvalue weighted by Crippen LogP contribution is -2.48. The number of aromatic nitrogens is 2. The molecule has 1 saturated heterocycles. The van der Waals surface area contributed by atoms with E-state index in [2.05, 4.69) is 22.0 Å². The normalized spacial score (nSPS) is 15.3. The second-order valence-electron chi connectivity index (χ2n) is 6.75. The van der Waals surface area contributed by atoms with Gasteiger partial charge in [0.1, 0.15) is 0 Å². The number of nitrogens with zero attached hydrogens (tertiary/aromatic N) is 4. The molecule has 0 unspecified atom stereocenters. The van der Waals surface area contributed by atoms with Gasteiger partial charge in [-0.25, -0.2) is 0 Å². The van der Waals surface area contributed by atoms with Crippen LogP contribution in [-0.4, -0.2) is 52.0 Å². The van der Waals surface area contributed by atoms with Crippen LogP contribution in [0.4, 0.5) is 0 Å². The molecule has 1 aliphatic heterocycles. The van der Waals surface area contributed by atoms with Crippen molar-refractivity contribution in [2.24, 2.45) is 0 Å². The third-order valence-corrected chi connectivity index (χ3v) is 5.26. The van der Waals surface area contributed by atoms with Gasteiger partial charge < -0.3 is 9.42 Å². The highest BCUT2D eigenvalue weighted by molar-refractivity contribution is 6.36. The minimum absolute atomic E-state index is 0.266. The Kier molecular flexibility index (Phi) is 7.10. The first-order chi connectivity index (χ1) is 13.1. The van der Waals surface area contributed by atoms with Crippen LogP contribution in [0.15, 0.2) is 22.7 Å². The van der Waals surface area contributed by atoms with Crippen molar-refractivity contribution in [3.63, 3.8) is 0 Å².